The fraction of sp³-hybridized carbons (Fsp3) is 0.429. The van der Waals surface area contributed by atoms with Gasteiger partial charge < -0.3 is 15.4 Å². The fourth-order valence-electron chi connectivity index (χ4n) is 1.75. The van der Waals surface area contributed by atoms with Gasteiger partial charge in [0.05, 0.1) is 17.3 Å². The summed E-state index contributed by atoms with van der Waals surface area (Å²) in [7, 11) is 1.64. The Morgan fingerprint density at radius 2 is 2.30 bits per heavy atom. The maximum atomic E-state index is 11.8. The number of benzene rings is 1. The van der Waals surface area contributed by atoms with Crippen molar-refractivity contribution in [2.75, 3.05) is 19.0 Å². The number of thiazole rings is 1. The molecule has 1 heterocycles. The summed E-state index contributed by atoms with van der Waals surface area (Å²) in [5.41, 5.74) is 0.902. The van der Waals surface area contributed by atoms with Gasteiger partial charge in [0.25, 0.3) is 0 Å². The van der Waals surface area contributed by atoms with E-state index in [-0.39, 0.29) is 11.9 Å². The second kappa shape index (κ2) is 6.56. The summed E-state index contributed by atoms with van der Waals surface area (Å²) in [6, 6.07) is 5.44. The number of carbonyl (C=O) groups is 1. The van der Waals surface area contributed by atoms with Gasteiger partial charge in [0.15, 0.2) is 5.13 Å². The number of nitrogens with one attached hydrogen (secondary N) is 2. The second-order valence-electron chi connectivity index (χ2n) is 4.51. The molecule has 1 aromatic carbocycles. The number of amides is 1. The average Bonchev–Trinajstić information content (AvgIpc) is 2.85. The Morgan fingerprint density at radius 1 is 1.50 bits per heavy atom. The lowest BCUT2D eigenvalue weighted by atomic mass is 10.3. The zero-order chi connectivity index (χ0) is 14.5. The summed E-state index contributed by atoms with van der Waals surface area (Å²) in [5.74, 6) is 0.796. The highest BCUT2D eigenvalue weighted by atomic mass is 32.1. The Morgan fingerprint density at radius 3 is 3.00 bits per heavy atom. The van der Waals surface area contributed by atoms with Crippen molar-refractivity contribution < 1.29 is 9.53 Å². The van der Waals surface area contributed by atoms with Gasteiger partial charge in [-0.2, -0.15) is 0 Å². The Labute approximate surface area is 122 Å². The van der Waals surface area contributed by atoms with Crippen molar-refractivity contribution in [1.82, 2.24) is 10.3 Å². The Balaban J connectivity index is 2.07. The molecule has 2 aromatic rings. The molecule has 0 aliphatic rings. The first-order valence-electron chi connectivity index (χ1n) is 6.63. The van der Waals surface area contributed by atoms with E-state index in [0.29, 0.717) is 6.54 Å². The van der Waals surface area contributed by atoms with Crippen LogP contribution in [-0.2, 0) is 4.79 Å². The van der Waals surface area contributed by atoms with E-state index in [2.05, 4.69) is 15.6 Å². The van der Waals surface area contributed by atoms with Crippen molar-refractivity contribution in [2.24, 2.45) is 0 Å². The molecule has 0 saturated heterocycles. The molecule has 0 fully saturated rings. The molecule has 0 saturated carbocycles. The largest absolute Gasteiger partial charge is 0.497 e. The van der Waals surface area contributed by atoms with E-state index in [9.17, 15) is 4.79 Å². The molecule has 0 bridgehead atoms. The molecule has 20 heavy (non-hydrogen) atoms. The van der Waals surface area contributed by atoms with Crippen LogP contribution < -0.4 is 15.4 Å². The van der Waals surface area contributed by atoms with Gasteiger partial charge in [-0.15, -0.1) is 0 Å². The molecule has 1 aromatic heterocycles. The molecule has 1 amide bonds. The molecule has 2 N–H and O–H groups in total. The van der Waals surface area contributed by atoms with Gasteiger partial charge >= 0.3 is 0 Å². The van der Waals surface area contributed by atoms with Crippen molar-refractivity contribution >= 4 is 32.6 Å². The number of carbonyl (C=O) groups excluding carboxylic acids is 1. The second-order valence-corrected chi connectivity index (χ2v) is 5.54. The minimum absolute atomic E-state index is 0.0105. The van der Waals surface area contributed by atoms with Crippen molar-refractivity contribution in [1.29, 1.82) is 0 Å². The zero-order valence-electron chi connectivity index (χ0n) is 11.9. The third-order valence-electron chi connectivity index (χ3n) is 2.88. The van der Waals surface area contributed by atoms with Gasteiger partial charge in [-0.3, -0.25) is 4.79 Å². The van der Waals surface area contributed by atoms with Crippen molar-refractivity contribution in [3.63, 3.8) is 0 Å². The van der Waals surface area contributed by atoms with E-state index in [1.54, 1.807) is 7.11 Å². The Kier molecular flexibility index (Phi) is 4.79. The zero-order valence-corrected chi connectivity index (χ0v) is 12.7. The maximum Gasteiger partial charge on any atom is 0.242 e. The van der Waals surface area contributed by atoms with Gasteiger partial charge in [0, 0.05) is 6.54 Å². The number of nitrogens with zero attached hydrogens (tertiary/aromatic N) is 1. The lowest BCUT2D eigenvalue weighted by Crippen LogP contribution is -2.37. The average molecular weight is 293 g/mol. The highest BCUT2D eigenvalue weighted by molar-refractivity contribution is 7.22. The number of ether oxygens (including phenoxy) is 1. The van der Waals surface area contributed by atoms with Crippen molar-refractivity contribution in [2.45, 2.75) is 26.3 Å². The smallest absolute Gasteiger partial charge is 0.242 e. The minimum Gasteiger partial charge on any atom is -0.497 e. The van der Waals surface area contributed by atoms with Gasteiger partial charge in [-0.1, -0.05) is 18.3 Å². The number of aromatic nitrogens is 1. The van der Waals surface area contributed by atoms with Gasteiger partial charge in [0.1, 0.15) is 11.8 Å². The first kappa shape index (κ1) is 14.6. The molecule has 0 aliphatic heterocycles. The summed E-state index contributed by atoms with van der Waals surface area (Å²) < 4.78 is 6.22. The first-order chi connectivity index (χ1) is 9.63. The molecular weight excluding hydrogens is 274 g/mol. The maximum absolute atomic E-state index is 11.8. The molecule has 0 radical (unpaired) electrons. The van der Waals surface area contributed by atoms with Crippen LogP contribution in [0.15, 0.2) is 18.2 Å². The molecule has 0 aliphatic carbocycles. The monoisotopic (exact) mass is 293 g/mol. The van der Waals surface area contributed by atoms with Crippen LogP contribution in [0.5, 0.6) is 5.75 Å². The lowest BCUT2D eigenvalue weighted by Gasteiger charge is -2.12. The fourth-order valence-corrected chi connectivity index (χ4v) is 2.73. The molecule has 108 valence electrons. The van der Waals surface area contributed by atoms with Crippen LogP contribution in [0.25, 0.3) is 10.2 Å². The highest BCUT2D eigenvalue weighted by Crippen LogP contribution is 2.29. The van der Waals surface area contributed by atoms with Gasteiger partial charge in [-0.25, -0.2) is 4.98 Å². The number of methoxy groups -OCH3 is 1. The number of anilines is 1. The van der Waals surface area contributed by atoms with E-state index in [1.165, 1.54) is 11.3 Å². The van der Waals surface area contributed by atoms with Crippen LogP contribution in [-0.4, -0.2) is 30.6 Å². The van der Waals surface area contributed by atoms with Crippen LogP contribution in [0.1, 0.15) is 20.3 Å². The topological polar surface area (TPSA) is 63.2 Å². The van der Waals surface area contributed by atoms with E-state index in [4.69, 9.17) is 4.74 Å². The van der Waals surface area contributed by atoms with Crippen LogP contribution in [0.3, 0.4) is 0 Å². The quantitative estimate of drug-likeness (QED) is 0.859. The standard InChI is InChI=1S/C14H19N3O2S/c1-4-7-15-13(18)9(2)16-14-17-11-6-5-10(19-3)8-12(11)20-14/h5-6,8-9H,4,7H2,1-3H3,(H,15,18)(H,16,17). The Hall–Kier alpha value is -1.82. The summed E-state index contributed by atoms with van der Waals surface area (Å²) in [6.07, 6.45) is 0.930. The normalized spacial score (nSPS) is 12.2. The van der Waals surface area contributed by atoms with E-state index >= 15 is 0 Å². The van der Waals surface area contributed by atoms with E-state index in [1.807, 2.05) is 32.0 Å². The summed E-state index contributed by atoms with van der Waals surface area (Å²) in [6.45, 7) is 4.55. The molecular formula is C14H19N3O2S. The molecule has 0 spiro atoms. The molecule has 1 atom stereocenters. The summed E-state index contributed by atoms with van der Waals surface area (Å²) >= 11 is 1.51. The number of hydrogen-bond donors (Lipinski definition) is 2. The number of rotatable bonds is 6. The van der Waals surface area contributed by atoms with Crippen LogP contribution in [0, 0.1) is 0 Å². The summed E-state index contributed by atoms with van der Waals surface area (Å²) in [5, 5.41) is 6.73. The first-order valence-corrected chi connectivity index (χ1v) is 7.44. The molecule has 6 heteroatoms. The van der Waals surface area contributed by atoms with Crippen LogP contribution >= 0.6 is 11.3 Å². The third kappa shape index (κ3) is 3.39. The van der Waals surface area contributed by atoms with Crippen LogP contribution in [0.2, 0.25) is 0 Å². The predicted molar refractivity (Wildman–Crippen MR) is 82.6 cm³/mol. The van der Waals surface area contributed by atoms with E-state index < -0.39 is 0 Å². The van der Waals surface area contributed by atoms with Crippen LogP contribution in [0.4, 0.5) is 5.13 Å². The van der Waals surface area contributed by atoms with Gasteiger partial charge in [0.2, 0.25) is 5.91 Å². The van der Waals surface area contributed by atoms with Gasteiger partial charge in [-0.05, 0) is 31.5 Å². The number of hydrogen-bond acceptors (Lipinski definition) is 5. The molecule has 1 unspecified atom stereocenters. The number of fused-ring (bicyclic) bond motifs is 1. The summed E-state index contributed by atoms with van der Waals surface area (Å²) in [4.78, 5) is 16.3. The molecule has 5 nitrogen and oxygen atoms in total. The van der Waals surface area contributed by atoms with E-state index in [0.717, 1.165) is 27.5 Å². The van der Waals surface area contributed by atoms with Crippen molar-refractivity contribution in [3.05, 3.63) is 18.2 Å². The predicted octanol–water partition coefficient (Wildman–Crippen LogP) is 2.63. The minimum atomic E-state index is -0.302. The Bertz CT molecular complexity index is 597. The van der Waals surface area contributed by atoms with Crippen molar-refractivity contribution in [3.8, 4) is 5.75 Å². The third-order valence-corrected chi connectivity index (χ3v) is 3.83. The highest BCUT2D eigenvalue weighted by Gasteiger charge is 2.14. The molecule has 2 rings (SSSR count). The lowest BCUT2D eigenvalue weighted by molar-refractivity contribution is -0.121. The SMILES string of the molecule is CCCNC(=O)C(C)Nc1nc2ccc(OC)cc2s1.